The van der Waals surface area contributed by atoms with Crippen LogP contribution in [-0.4, -0.2) is 54.5 Å². The Kier molecular flexibility index (Phi) is 6.09. The molecule has 5 nitrogen and oxygen atoms in total. The van der Waals surface area contributed by atoms with Gasteiger partial charge in [-0.2, -0.15) is 0 Å². The summed E-state index contributed by atoms with van der Waals surface area (Å²) >= 11 is 0. The lowest BCUT2D eigenvalue weighted by Crippen LogP contribution is -2.47. The van der Waals surface area contributed by atoms with Crippen molar-refractivity contribution in [3.8, 4) is 0 Å². The van der Waals surface area contributed by atoms with Crippen LogP contribution in [0.3, 0.4) is 0 Å². The van der Waals surface area contributed by atoms with E-state index in [4.69, 9.17) is 9.47 Å². The molecule has 0 aromatic carbocycles. The van der Waals surface area contributed by atoms with Crippen LogP contribution >= 0.6 is 0 Å². The van der Waals surface area contributed by atoms with Gasteiger partial charge in [-0.15, -0.1) is 0 Å². The number of nitrogens with zero attached hydrogens (tertiary/aromatic N) is 1. The summed E-state index contributed by atoms with van der Waals surface area (Å²) in [5.74, 6) is 0. The first-order valence-corrected chi connectivity index (χ1v) is 8.73. The van der Waals surface area contributed by atoms with Gasteiger partial charge in [0.05, 0.1) is 6.10 Å². The van der Waals surface area contributed by atoms with Crippen molar-refractivity contribution in [2.24, 2.45) is 0 Å². The number of amides is 1. The van der Waals surface area contributed by atoms with Crippen molar-refractivity contribution in [3.05, 3.63) is 0 Å². The minimum absolute atomic E-state index is 0.171. The molecular weight excluding hydrogens is 280 g/mol. The van der Waals surface area contributed by atoms with Crippen molar-refractivity contribution in [1.82, 2.24) is 10.2 Å². The second kappa shape index (κ2) is 7.64. The third kappa shape index (κ3) is 5.13. The van der Waals surface area contributed by atoms with E-state index in [-0.39, 0.29) is 12.1 Å². The van der Waals surface area contributed by atoms with Gasteiger partial charge in [-0.25, -0.2) is 4.79 Å². The maximum atomic E-state index is 12.3. The zero-order valence-corrected chi connectivity index (χ0v) is 14.6. The zero-order valence-electron chi connectivity index (χ0n) is 14.6. The molecule has 0 aliphatic carbocycles. The second-order valence-electron chi connectivity index (χ2n) is 7.50. The number of carbonyl (C=O) groups excluding carboxylic acids is 1. The number of nitrogens with one attached hydrogen (secondary N) is 1. The van der Waals surface area contributed by atoms with E-state index >= 15 is 0 Å². The van der Waals surface area contributed by atoms with Crippen molar-refractivity contribution in [1.29, 1.82) is 0 Å². The van der Waals surface area contributed by atoms with Gasteiger partial charge in [-0.1, -0.05) is 6.92 Å². The highest BCUT2D eigenvalue weighted by atomic mass is 16.6. The predicted octanol–water partition coefficient (Wildman–Crippen LogP) is 2.93. The number of carbonyl (C=O) groups is 1. The normalized spacial score (nSPS) is 29.6. The molecular formula is C17H32N2O3. The average Bonchev–Trinajstić information content (AvgIpc) is 2.92. The van der Waals surface area contributed by atoms with Crippen LogP contribution in [0, 0.1) is 0 Å². The standard InChI is InChI=1S/C17H32N2O3/c1-5-15-11-13(8-10-21-15)18-12-14-7-6-9-19(14)16(20)22-17(2,3)4/h13-15,18H,5-12H2,1-4H3. The molecule has 1 amide bonds. The summed E-state index contributed by atoms with van der Waals surface area (Å²) in [6.07, 6.45) is 5.56. The Labute approximate surface area is 134 Å². The summed E-state index contributed by atoms with van der Waals surface area (Å²) in [4.78, 5) is 14.2. The quantitative estimate of drug-likeness (QED) is 0.867. The SMILES string of the molecule is CCC1CC(NCC2CCCN2C(=O)OC(C)(C)C)CCO1. The first kappa shape index (κ1) is 17.5. The van der Waals surface area contributed by atoms with Crippen LogP contribution in [0.25, 0.3) is 0 Å². The topological polar surface area (TPSA) is 50.8 Å². The molecule has 128 valence electrons. The lowest BCUT2D eigenvalue weighted by Gasteiger charge is -2.32. The number of hydrogen-bond donors (Lipinski definition) is 1. The zero-order chi connectivity index (χ0) is 16.2. The fourth-order valence-corrected chi connectivity index (χ4v) is 3.26. The molecule has 3 unspecified atom stereocenters. The first-order valence-electron chi connectivity index (χ1n) is 8.73. The molecule has 0 aromatic heterocycles. The smallest absolute Gasteiger partial charge is 0.410 e. The van der Waals surface area contributed by atoms with E-state index in [1.807, 2.05) is 25.7 Å². The van der Waals surface area contributed by atoms with Gasteiger partial charge in [0.15, 0.2) is 0 Å². The van der Waals surface area contributed by atoms with Crippen LogP contribution in [0.1, 0.15) is 59.8 Å². The maximum Gasteiger partial charge on any atom is 0.410 e. The van der Waals surface area contributed by atoms with Crippen molar-refractivity contribution in [3.63, 3.8) is 0 Å². The van der Waals surface area contributed by atoms with E-state index in [0.717, 1.165) is 51.8 Å². The van der Waals surface area contributed by atoms with Crippen LogP contribution < -0.4 is 5.32 Å². The molecule has 1 N–H and O–H groups in total. The number of ether oxygens (including phenoxy) is 2. The summed E-state index contributed by atoms with van der Waals surface area (Å²) in [7, 11) is 0. The van der Waals surface area contributed by atoms with Crippen molar-refractivity contribution < 1.29 is 14.3 Å². The average molecular weight is 312 g/mol. The largest absolute Gasteiger partial charge is 0.444 e. The molecule has 0 spiro atoms. The van der Waals surface area contributed by atoms with Gasteiger partial charge in [0.25, 0.3) is 0 Å². The summed E-state index contributed by atoms with van der Waals surface area (Å²) in [6, 6.07) is 0.776. The van der Waals surface area contributed by atoms with E-state index in [9.17, 15) is 4.79 Å². The molecule has 0 saturated carbocycles. The molecule has 5 heteroatoms. The Morgan fingerprint density at radius 3 is 2.82 bits per heavy atom. The Bertz CT molecular complexity index is 367. The molecule has 2 saturated heterocycles. The minimum atomic E-state index is -0.424. The van der Waals surface area contributed by atoms with Gasteiger partial charge in [-0.05, 0) is 52.9 Å². The fraction of sp³-hybridized carbons (Fsp3) is 0.941. The van der Waals surface area contributed by atoms with Crippen LogP contribution in [0.4, 0.5) is 4.79 Å². The Balaban J connectivity index is 1.80. The number of likely N-dealkylation sites (tertiary alicyclic amines) is 1. The van der Waals surface area contributed by atoms with Gasteiger partial charge >= 0.3 is 6.09 Å². The van der Waals surface area contributed by atoms with Crippen LogP contribution in [0.2, 0.25) is 0 Å². The van der Waals surface area contributed by atoms with Gasteiger partial charge in [0.1, 0.15) is 5.60 Å². The fourth-order valence-electron chi connectivity index (χ4n) is 3.26. The highest BCUT2D eigenvalue weighted by molar-refractivity contribution is 5.69. The summed E-state index contributed by atoms with van der Waals surface area (Å²) in [6.45, 7) is 10.4. The molecule has 0 aromatic rings. The van der Waals surface area contributed by atoms with Gasteiger partial charge in [-0.3, -0.25) is 0 Å². The summed E-state index contributed by atoms with van der Waals surface area (Å²) < 4.78 is 11.2. The molecule has 22 heavy (non-hydrogen) atoms. The highest BCUT2D eigenvalue weighted by Gasteiger charge is 2.32. The van der Waals surface area contributed by atoms with Gasteiger partial charge in [0.2, 0.25) is 0 Å². The first-order chi connectivity index (χ1) is 10.4. The Hall–Kier alpha value is -0.810. The highest BCUT2D eigenvalue weighted by Crippen LogP contribution is 2.21. The summed E-state index contributed by atoms with van der Waals surface area (Å²) in [5, 5.41) is 3.65. The van der Waals surface area contributed by atoms with E-state index in [2.05, 4.69) is 12.2 Å². The van der Waals surface area contributed by atoms with Crippen molar-refractivity contribution in [2.45, 2.75) is 83.6 Å². The molecule has 0 radical (unpaired) electrons. The molecule has 2 fully saturated rings. The van der Waals surface area contributed by atoms with Crippen LogP contribution in [0.15, 0.2) is 0 Å². The monoisotopic (exact) mass is 312 g/mol. The second-order valence-corrected chi connectivity index (χ2v) is 7.50. The Morgan fingerprint density at radius 2 is 2.14 bits per heavy atom. The molecule has 0 bridgehead atoms. The van der Waals surface area contributed by atoms with E-state index in [0.29, 0.717) is 12.1 Å². The van der Waals surface area contributed by atoms with E-state index in [1.54, 1.807) is 0 Å². The minimum Gasteiger partial charge on any atom is -0.444 e. The molecule has 2 aliphatic heterocycles. The third-order valence-electron chi connectivity index (χ3n) is 4.47. The Morgan fingerprint density at radius 1 is 1.36 bits per heavy atom. The predicted molar refractivity (Wildman–Crippen MR) is 87.0 cm³/mol. The lowest BCUT2D eigenvalue weighted by molar-refractivity contribution is -0.00207. The molecule has 2 rings (SSSR count). The van der Waals surface area contributed by atoms with E-state index < -0.39 is 5.60 Å². The summed E-state index contributed by atoms with van der Waals surface area (Å²) in [5.41, 5.74) is -0.424. The molecule has 3 atom stereocenters. The molecule has 2 aliphatic rings. The van der Waals surface area contributed by atoms with Crippen LogP contribution in [0.5, 0.6) is 0 Å². The van der Waals surface area contributed by atoms with Gasteiger partial charge < -0.3 is 19.7 Å². The van der Waals surface area contributed by atoms with Crippen molar-refractivity contribution >= 4 is 6.09 Å². The lowest BCUT2D eigenvalue weighted by atomic mass is 10.0. The van der Waals surface area contributed by atoms with Crippen LogP contribution in [-0.2, 0) is 9.47 Å². The number of rotatable bonds is 4. The van der Waals surface area contributed by atoms with Crippen molar-refractivity contribution in [2.75, 3.05) is 19.7 Å². The third-order valence-corrected chi connectivity index (χ3v) is 4.47. The maximum absolute atomic E-state index is 12.3. The van der Waals surface area contributed by atoms with Gasteiger partial charge in [0, 0.05) is 31.8 Å². The molecule has 2 heterocycles. The number of hydrogen-bond acceptors (Lipinski definition) is 4. The van der Waals surface area contributed by atoms with E-state index in [1.165, 1.54) is 0 Å².